The Balaban J connectivity index is 2.18. The first-order valence-electron chi connectivity index (χ1n) is 7.02. The lowest BCUT2D eigenvalue weighted by molar-refractivity contribution is -0.120. The lowest BCUT2D eigenvalue weighted by Gasteiger charge is -2.13. The summed E-state index contributed by atoms with van der Waals surface area (Å²) in [6.07, 6.45) is 0.349. The van der Waals surface area contributed by atoms with Crippen LogP contribution in [0, 0.1) is 0 Å². The van der Waals surface area contributed by atoms with Gasteiger partial charge in [0.25, 0.3) is 0 Å². The number of aliphatic hydroxyl groups is 1. The second-order valence-corrected chi connectivity index (χ2v) is 4.55. The maximum absolute atomic E-state index is 11.2. The minimum Gasteiger partial charge on any atom is -0.491 e. The summed E-state index contributed by atoms with van der Waals surface area (Å²) in [5.41, 5.74) is 1.25. The summed E-state index contributed by atoms with van der Waals surface area (Å²) in [6, 6.07) is 7.81. The van der Waals surface area contributed by atoms with Gasteiger partial charge in [0.1, 0.15) is 18.5 Å². The average molecular weight is 280 g/mol. The number of hydrogen-bond donors (Lipinski definition) is 3. The van der Waals surface area contributed by atoms with Crippen molar-refractivity contribution in [2.24, 2.45) is 0 Å². The van der Waals surface area contributed by atoms with Gasteiger partial charge in [0.15, 0.2) is 0 Å². The molecule has 112 valence electrons. The van der Waals surface area contributed by atoms with Crippen molar-refractivity contribution >= 4 is 5.91 Å². The van der Waals surface area contributed by atoms with E-state index in [1.165, 1.54) is 5.56 Å². The van der Waals surface area contributed by atoms with E-state index in [4.69, 9.17) is 4.74 Å². The molecule has 1 unspecified atom stereocenters. The third kappa shape index (κ3) is 6.54. The lowest BCUT2D eigenvalue weighted by Crippen LogP contribution is -2.38. The van der Waals surface area contributed by atoms with Gasteiger partial charge >= 0.3 is 0 Å². The van der Waals surface area contributed by atoms with E-state index in [-0.39, 0.29) is 19.1 Å². The molecular formula is C15H24N2O3. The van der Waals surface area contributed by atoms with E-state index in [9.17, 15) is 9.90 Å². The highest BCUT2D eigenvalue weighted by Gasteiger charge is 2.06. The zero-order valence-electron chi connectivity index (χ0n) is 12.2. The van der Waals surface area contributed by atoms with Gasteiger partial charge < -0.3 is 20.5 Å². The molecule has 0 aliphatic rings. The normalized spacial score (nSPS) is 11.9. The summed E-state index contributed by atoms with van der Waals surface area (Å²) in [6.45, 7) is 5.30. The van der Waals surface area contributed by atoms with Crippen molar-refractivity contribution in [3.63, 3.8) is 0 Å². The summed E-state index contributed by atoms with van der Waals surface area (Å²) in [5.74, 6) is 0.667. The Morgan fingerprint density at radius 3 is 2.60 bits per heavy atom. The predicted molar refractivity (Wildman–Crippen MR) is 78.9 cm³/mol. The Morgan fingerprint density at radius 2 is 2.00 bits per heavy atom. The number of hydrogen-bond acceptors (Lipinski definition) is 4. The van der Waals surface area contributed by atoms with Gasteiger partial charge in [-0.1, -0.05) is 19.1 Å². The lowest BCUT2D eigenvalue weighted by atomic mass is 10.2. The van der Waals surface area contributed by atoms with E-state index in [1.54, 1.807) is 0 Å². The monoisotopic (exact) mass is 280 g/mol. The van der Waals surface area contributed by atoms with Crippen molar-refractivity contribution < 1.29 is 14.6 Å². The molecule has 0 aromatic heterocycles. The minimum atomic E-state index is -0.643. The first-order chi connectivity index (χ1) is 9.65. The minimum absolute atomic E-state index is 0.0734. The molecule has 1 aromatic carbocycles. The zero-order valence-corrected chi connectivity index (χ0v) is 12.2. The van der Waals surface area contributed by atoms with Gasteiger partial charge in [0.05, 0.1) is 6.54 Å². The third-order valence-electron chi connectivity index (χ3n) is 2.81. The Bertz CT molecular complexity index is 393. The SMILES string of the molecule is CCNC(=O)CNCC(O)COc1ccc(CC)cc1. The fourth-order valence-electron chi connectivity index (χ4n) is 1.68. The first-order valence-corrected chi connectivity index (χ1v) is 7.02. The molecule has 0 heterocycles. The Morgan fingerprint density at radius 1 is 1.30 bits per heavy atom. The van der Waals surface area contributed by atoms with Crippen LogP contribution < -0.4 is 15.4 Å². The van der Waals surface area contributed by atoms with Gasteiger partial charge in [-0.2, -0.15) is 0 Å². The van der Waals surface area contributed by atoms with E-state index in [2.05, 4.69) is 17.6 Å². The van der Waals surface area contributed by atoms with Crippen molar-refractivity contribution in [1.29, 1.82) is 0 Å². The fraction of sp³-hybridized carbons (Fsp3) is 0.533. The second kappa shape index (κ2) is 9.34. The average Bonchev–Trinajstić information content (AvgIpc) is 2.46. The summed E-state index contributed by atoms with van der Waals surface area (Å²) in [7, 11) is 0. The molecule has 3 N–H and O–H groups in total. The molecule has 0 fully saturated rings. The number of benzene rings is 1. The number of aryl methyl sites for hydroxylation is 1. The Kier molecular flexibility index (Phi) is 7.69. The standard InChI is InChI=1S/C15H24N2O3/c1-3-12-5-7-14(8-6-12)20-11-13(18)9-16-10-15(19)17-4-2/h5-8,13,16,18H,3-4,9-11H2,1-2H3,(H,17,19). The number of rotatable bonds is 9. The van der Waals surface area contributed by atoms with Crippen molar-refractivity contribution in [3.8, 4) is 5.75 Å². The van der Waals surface area contributed by atoms with Crippen LogP contribution in [0.3, 0.4) is 0 Å². The van der Waals surface area contributed by atoms with Crippen LogP contribution in [0.5, 0.6) is 5.75 Å². The molecule has 1 amide bonds. The number of aliphatic hydroxyl groups excluding tert-OH is 1. The number of carbonyl (C=O) groups is 1. The highest BCUT2D eigenvalue weighted by atomic mass is 16.5. The van der Waals surface area contributed by atoms with Crippen LogP contribution in [0.25, 0.3) is 0 Å². The molecule has 1 aromatic rings. The van der Waals surface area contributed by atoms with Crippen LogP contribution in [-0.4, -0.2) is 43.4 Å². The molecule has 0 aliphatic carbocycles. The van der Waals surface area contributed by atoms with Gasteiger partial charge in [0.2, 0.25) is 5.91 Å². The largest absolute Gasteiger partial charge is 0.491 e. The van der Waals surface area contributed by atoms with Crippen molar-refractivity contribution in [2.45, 2.75) is 26.4 Å². The number of ether oxygens (including phenoxy) is 1. The zero-order chi connectivity index (χ0) is 14.8. The molecule has 0 aliphatic heterocycles. The number of amides is 1. The highest BCUT2D eigenvalue weighted by molar-refractivity contribution is 5.77. The Hall–Kier alpha value is -1.59. The maximum atomic E-state index is 11.2. The molecule has 0 radical (unpaired) electrons. The van der Waals surface area contributed by atoms with E-state index in [1.807, 2.05) is 31.2 Å². The third-order valence-corrected chi connectivity index (χ3v) is 2.81. The van der Waals surface area contributed by atoms with Crippen molar-refractivity contribution in [3.05, 3.63) is 29.8 Å². The summed E-state index contributed by atoms with van der Waals surface area (Å²) in [5, 5.41) is 15.3. The molecule has 0 saturated carbocycles. The molecule has 1 rings (SSSR count). The summed E-state index contributed by atoms with van der Waals surface area (Å²) >= 11 is 0. The van der Waals surface area contributed by atoms with Crippen LogP contribution in [0.15, 0.2) is 24.3 Å². The van der Waals surface area contributed by atoms with Gasteiger partial charge in [0, 0.05) is 13.1 Å². The van der Waals surface area contributed by atoms with E-state index in [0.29, 0.717) is 13.1 Å². The maximum Gasteiger partial charge on any atom is 0.233 e. The van der Waals surface area contributed by atoms with Crippen LogP contribution >= 0.6 is 0 Å². The molecular weight excluding hydrogens is 256 g/mol. The van der Waals surface area contributed by atoms with E-state index in [0.717, 1.165) is 12.2 Å². The molecule has 0 bridgehead atoms. The van der Waals surface area contributed by atoms with Gasteiger partial charge in [-0.15, -0.1) is 0 Å². The molecule has 5 nitrogen and oxygen atoms in total. The molecule has 0 spiro atoms. The predicted octanol–water partition coefficient (Wildman–Crippen LogP) is 0.714. The van der Waals surface area contributed by atoms with Gasteiger partial charge in [-0.05, 0) is 31.0 Å². The number of likely N-dealkylation sites (N-methyl/N-ethyl adjacent to an activating group) is 1. The molecule has 20 heavy (non-hydrogen) atoms. The summed E-state index contributed by atoms with van der Waals surface area (Å²) < 4.78 is 5.48. The topological polar surface area (TPSA) is 70.6 Å². The first kappa shape index (κ1) is 16.5. The van der Waals surface area contributed by atoms with E-state index < -0.39 is 6.10 Å². The van der Waals surface area contributed by atoms with Crippen molar-refractivity contribution in [2.75, 3.05) is 26.2 Å². The second-order valence-electron chi connectivity index (χ2n) is 4.55. The van der Waals surface area contributed by atoms with Crippen LogP contribution in [-0.2, 0) is 11.2 Å². The van der Waals surface area contributed by atoms with Crippen LogP contribution in [0.4, 0.5) is 0 Å². The van der Waals surface area contributed by atoms with Gasteiger partial charge in [-0.3, -0.25) is 4.79 Å². The fourth-order valence-corrected chi connectivity index (χ4v) is 1.68. The number of carbonyl (C=O) groups excluding carboxylic acids is 1. The van der Waals surface area contributed by atoms with E-state index >= 15 is 0 Å². The number of nitrogens with one attached hydrogen (secondary N) is 2. The quantitative estimate of drug-likeness (QED) is 0.623. The van der Waals surface area contributed by atoms with Gasteiger partial charge in [-0.25, -0.2) is 0 Å². The smallest absolute Gasteiger partial charge is 0.233 e. The van der Waals surface area contributed by atoms with Crippen LogP contribution in [0.2, 0.25) is 0 Å². The Labute approximate surface area is 120 Å². The molecule has 0 saturated heterocycles. The van der Waals surface area contributed by atoms with Crippen LogP contribution in [0.1, 0.15) is 19.4 Å². The summed E-state index contributed by atoms with van der Waals surface area (Å²) in [4.78, 5) is 11.2. The molecule has 1 atom stereocenters. The highest BCUT2D eigenvalue weighted by Crippen LogP contribution is 2.12. The molecule has 5 heteroatoms. The van der Waals surface area contributed by atoms with Crippen molar-refractivity contribution in [1.82, 2.24) is 10.6 Å².